The van der Waals surface area contributed by atoms with Gasteiger partial charge in [0.25, 0.3) is 0 Å². The maximum absolute atomic E-state index is 5.68. The molecule has 2 aromatic rings. The smallest absolute Gasteiger partial charge is 0.127 e. The van der Waals surface area contributed by atoms with Gasteiger partial charge in [0.2, 0.25) is 0 Å². The van der Waals surface area contributed by atoms with Crippen LogP contribution in [0.4, 0.5) is 0 Å². The van der Waals surface area contributed by atoms with E-state index in [1.54, 1.807) is 0 Å². The van der Waals surface area contributed by atoms with Crippen LogP contribution < -0.4 is 10.2 Å². The quantitative estimate of drug-likeness (QED) is 0.669. The SMILES string of the molecule is Brc1cc2c(c(CNOCc3ccccc3)c1)OCC2. The first kappa shape index (κ1) is 13.6. The first-order chi connectivity index (χ1) is 9.83. The Labute approximate surface area is 127 Å². The van der Waals surface area contributed by atoms with Crippen molar-refractivity contribution in [2.75, 3.05) is 6.61 Å². The Morgan fingerprint density at radius 3 is 2.90 bits per heavy atom. The number of hydrogen-bond acceptors (Lipinski definition) is 3. The Kier molecular flexibility index (Phi) is 4.35. The van der Waals surface area contributed by atoms with Crippen LogP contribution in [0.3, 0.4) is 0 Å². The third-order valence-electron chi connectivity index (χ3n) is 3.27. The van der Waals surface area contributed by atoms with Crippen molar-refractivity contribution >= 4 is 15.9 Å². The molecule has 0 aliphatic carbocycles. The monoisotopic (exact) mass is 333 g/mol. The first-order valence-corrected chi connectivity index (χ1v) is 7.45. The predicted molar refractivity (Wildman–Crippen MR) is 81.4 cm³/mol. The van der Waals surface area contributed by atoms with Gasteiger partial charge < -0.3 is 4.74 Å². The summed E-state index contributed by atoms with van der Waals surface area (Å²) in [6.07, 6.45) is 0.979. The van der Waals surface area contributed by atoms with E-state index in [4.69, 9.17) is 9.57 Å². The van der Waals surface area contributed by atoms with E-state index in [-0.39, 0.29) is 0 Å². The van der Waals surface area contributed by atoms with E-state index in [0.29, 0.717) is 13.2 Å². The molecule has 20 heavy (non-hydrogen) atoms. The van der Waals surface area contributed by atoms with E-state index in [9.17, 15) is 0 Å². The van der Waals surface area contributed by atoms with Crippen LogP contribution in [-0.4, -0.2) is 6.61 Å². The number of hydroxylamine groups is 1. The first-order valence-electron chi connectivity index (χ1n) is 6.65. The summed E-state index contributed by atoms with van der Waals surface area (Å²) in [6.45, 7) is 1.95. The summed E-state index contributed by atoms with van der Waals surface area (Å²) < 4.78 is 6.77. The molecule has 1 N–H and O–H groups in total. The molecule has 1 aliphatic rings. The molecule has 0 fully saturated rings. The third-order valence-corrected chi connectivity index (χ3v) is 3.73. The van der Waals surface area contributed by atoms with Crippen molar-refractivity contribution < 1.29 is 9.57 Å². The molecule has 0 saturated carbocycles. The molecular weight excluding hydrogens is 318 g/mol. The van der Waals surface area contributed by atoms with E-state index in [1.807, 2.05) is 30.3 Å². The van der Waals surface area contributed by atoms with E-state index in [1.165, 1.54) is 5.56 Å². The fraction of sp³-hybridized carbons (Fsp3) is 0.250. The Morgan fingerprint density at radius 1 is 1.20 bits per heavy atom. The molecule has 2 aromatic carbocycles. The second kappa shape index (κ2) is 6.39. The zero-order valence-electron chi connectivity index (χ0n) is 11.1. The lowest BCUT2D eigenvalue weighted by Gasteiger charge is -2.10. The lowest BCUT2D eigenvalue weighted by atomic mass is 10.1. The van der Waals surface area contributed by atoms with Crippen LogP contribution in [0.1, 0.15) is 16.7 Å². The van der Waals surface area contributed by atoms with E-state index >= 15 is 0 Å². The van der Waals surface area contributed by atoms with Gasteiger partial charge in [-0.25, -0.2) is 0 Å². The maximum atomic E-state index is 5.68. The van der Waals surface area contributed by atoms with E-state index in [0.717, 1.165) is 34.4 Å². The second-order valence-corrected chi connectivity index (χ2v) is 5.66. The number of benzene rings is 2. The van der Waals surface area contributed by atoms with Gasteiger partial charge in [0.1, 0.15) is 5.75 Å². The molecule has 0 atom stereocenters. The normalized spacial score (nSPS) is 13.1. The Bertz CT molecular complexity index is 587. The molecule has 1 heterocycles. The van der Waals surface area contributed by atoms with Crippen molar-refractivity contribution in [1.82, 2.24) is 5.48 Å². The van der Waals surface area contributed by atoms with Gasteiger partial charge in [-0.1, -0.05) is 46.3 Å². The van der Waals surface area contributed by atoms with Crippen LogP contribution in [0.2, 0.25) is 0 Å². The number of halogens is 1. The Hall–Kier alpha value is -1.36. The van der Waals surface area contributed by atoms with Crippen LogP contribution in [0, 0.1) is 0 Å². The third kappa shape index (κ3) is 3.20. The molecule has 3 nitrogen and oxygen atoms in total. The number of hydrogen-bond donors (Lipinski definition) is 1. The van der Waals surface area contributed by atoms with Gasteiger partial charge in [-0.05, 0) is 23.3 Å². The summed E-state index contributed by atoms with van der Waals surface area (Å²) in [5.74, 6) is 1.00. The molecule has 0 unspecified atom stereocenters. The van der Waals surface area contributed by atoms with Crippen molar-refractivity contribution in [1.29, 1.82) is 0 Å². The topological polar surface area (TPSA) is 30.5 Å². The minimum absolute atomic E-state index is 0.553. The highest BCUT2D eigenvalue weighted by atomic mass is 79.9. The molecule has 1 aliphatic heterocycles. The molecule has 0 aromatic heterocycles. The second-order valence-electron chi connectivity index (χ2n) is 4.75. The molecule has 0 bridgehead atoms. The lowest BCUT2D eigenvalue weighted by Crippen LogP contribution is -2.14. The molecular formula is C16H16BrNO2. The van der Waals surface area contributed by atoms with Crippen molar-refractivity contribution in [3.8, 4) is 5.75 Å². The number of rotatable bonds is 5. The molecule has 4 heteroatoms. The zero-order valence-corrected chi connectivity index (χ0v) is 12.7. The molecule has 104 valence electrons. The van der Waals surface area contributed by atoms with Crippen LogP contribution in [-0.2, 0) is 24.4 Å². The van der Waals surface area contributed by atoms with Gasteiger partial charge in [-0.15, -0.1) is 0 Å². The fourth-order valence-electron chi connectivity index (χ4n) is 2.31. The average molecular weight is 334 g/mol. The minimum Gasteiger partial charge on any atom is -0.493 e. The Balaban J connectivity index is 1.57. The van der Waals surface area contributed by atoms with Crippen LogP contribution in [0.15, 0.2) is 46.9 Å². The average Bonchev–Trinajstić information content (AvgIpc) is 2.92. The van der Waals surface area contributed by atoms with Crippen LogP contribution in [0.5, 0.6) is 5.75 Å². The van der Waals surface area contributed by atoms with Crippen LogP contribution >= 0.6 is 15.9 Å². The van der Waals surface area contributed by atoms with Crippen molar-refractivity contribution in [2.45, 2.75) is 19.6 Å². The Morgan fingerprint density at radius 2 is 2.05 bits per heavy atom. The summed E-state index contributed by atoms with van der Waals surface area (Å²) in [7, 11) is 0. The van der Waals surface area contributed by atoms with Gasteiger partial charge in [0, 0.05) is 23.0 Å². The van der Waals surface area contributed by atoms with Crippen molar-refractivity contribution in [2.24, 2.45) is 0 Å². The van der Waals surface area contributed by atoms with E-state index in [2.05, 4.69) is 33.5 Å². The summed E-state index contributed by atoms with van der Waals surface area (Å²) in [6, 6.07) is 14.3. The van der Waals surface area contributed by atoms with Gasteiger partial charge in [0.15, 0.2) is 0 Å². The zero-order chi connectivity index (χ0) is 13.8. The number of fused-ring (bicyclic) bond motifs is 1. The number of nitrogens with one attached hydrogen (secondary N) is 1. The minimum atomic E-state index is 0.553. The predicted octanol–water partition coefficient (Wildman–Crippen LogP) is 3.61. The van der Waals surface area contributed by atoms with Gasteiger partial charge in [0.05, 0.1) is 13.2 Å². The number of ether oxygens (including phenoxy) is 1. The summed E-state index contributed by atoms with van der Waals surface area (Å²) in [4.78, 5) is 5.50. The molecule has 0 radical (unpaired) electrons. The standard InChI is InChI=1S/C16H16BrNO2/c17-15-8-13-6-7-19-16(13)14(9-15)10-18-20-11-12-4-2-1-3-5-12/h1-5,8-9,18H,6-7,10-11H2. The molecule has 0 amide bonds. The highest BCUT2D eigenvalue weighted by Crippen LogP contribution is 2.32. The largest absolute Gasteiger partial charge is 0.493 e. The highest BCUT2D eigenvalue weighted by Gasteiger charge is 2.17. The lowest BCUT2D eigenvalue weighted by molar-refractivity contribution is 0.0231. The molecule has 0 saturated heterocycles. The van der Waals surface area contributed by atoms with Gasteiger partial charge in [-0.3, -0.25) is 4.84 Å². The van der Waals surface area contributed by atoms with Gasteiger partial charge >= 0.3 is 0 Å². The molecule has 0 spiro atoms. The fourth-order valence-corrected chi connectivity index (χ4v) is 2.87. The van der Waals surface area contributed by atoms with Crippen molar-refractivity contribution in [3.05, 3.63) is 63.6 Å². The van der Waals surface area contributed by atoms with Crippen molar-refractivity contribution in [3.63, 3.8) is 0 Å². The molecule has 3 rings (SSSR count). The summed E-state index contributed by atoms with van der Waals surface area (Å²) in [5, 5.41) is 0. The van der Waals surface area contributed by atoms with Crippen LogP contribution in [0.25, 0.3) is 0 Å². The summed E-state index contributed by atoms with van der Waals surface area (Å²) >= 11 is 3.54. The maximum Gasteiger partial charge on any atom is 0.127 e. The highest BCUT2D eigenvalue weighted by molar-refractivity contribution is 9.10. The summed E-state index contributed by atoms with van der Waals surface area (Å²) in [5.41, 5.74) is 6.54. The van der Waals surface area contributed by atoms with Gasteiger partial charge in [-0.2, -0.15) is 5.48 Å². The van der Waals surface area contributed by atoms with E-state index < -0.39 is 0 Å².